The van der Waals surface area contributed by atoms with Gasteiger partial charge < -0.3 is 19.1 Å². The predicted octanol–water partition coefficient (Wildman–Crippen LogP) is 1.29. The lowest BCUT2D eigenvalue weighted by atomic mass is 9.97. The van der Waals surface area contributed by atoms with E-state index >= 15 is 0 Å². The van der Waals surface area contributed by atoms with Gasteiger partial charge in [-0.3, -0.25) is 0 Å². The fourth-order valence-electron chi connectivity index (χ4n) is 1.13. The van der Waals surface area contributed by atoms with E-state index in [1.54, 1.807) is 0 Å². The number of ether oxygens (including phenoxy) is 1. The lowest BCUT2D eigenvalue weighted by Crippen LogP contribution is -2.37. The summed E-state index contributed by atoms with van der Waals surface area (Å²) in [5.74, 6) is 0.653. The molecular formula is C10H20O4S. The molecule has 2 N–H and O–H groups in total. The monoisotopic (exact) mass is 236 g/mol. The van der Waals surface area contributed by atoms with Crippen molar-refractivity contribution in [2.75, 3.05) is 19.8 Å². The second-order valence-electron chi connectivity index (χ2n) is 3.40. The zero-order valence-electron chi connectivity index (χ0n) is 9.11. The Balaban J connectivity index is 4.26. The van der Waals surface area contributed by atoms with Crippen molar-refractivity contribution in [3.63, 3.8) is 0 Å². The van der Waals surface area contributed by atoms with E-state index in [9.17, 15) is 0 Å². The molecule has 0 unspecified atom stereocenters. The van der Waals surface area contributed by atoms with E-state index in [0.717, 1.165) is 6.42 Å². The van der Waals surface area contributed by atoms with Gasteiger partial charge in [0.1, 0.15) is 12.2 Å². The van der Waals surface area contributed by atoms with E-state index in [-0.39, 0.29) is 19.8 Å². The van der Waals surface area contributed by atoms with Gasteiger partial charge in [0.15, 0.2) is 0 Å². The number of hydrogen-bond acceptors (Lipinski definition) is 5. The number of rotatable bonds is 9. The Labute approximate surface area is 96.5 Å². The van der Waals surface area contributed by atoms with Crippen LogP contribution in [0.5, 0.6) is 0 Å². The summed E-state index contributed by atoms with van der Waals surface area (Å²) in [5.41, 5.74) is -0.745. The molecule has 0 radical (unpaired) electrons. The molecule has 5 heteroatoms. The smallest absolute Gasteiger partial charge is 0.121 e. The summed E-state index contributed by atoms with van der Waals surface area (Å²) in [6, 6.07) is 0. The summed E-state index contributed by atoms with van der Waals surface area (Å²) in [7, 11) is 0. The first kappa shape index (κ1) is 14.8. The Kier molecular flexibility index (Phi) is 7.86. The van der Waals surface area contributed by atoms with Crippen molar-refractivity contribution in [3.05, 3.63) is 12.3 Å². The van der Waals surface area contributed by atoms with Crippen LogP contribution in [-0.4, -0.2) is 35.6 Å². The molecule has 90 valence electrons. The molecule has 0 bridgehead atoms. The molecule has 0 aromatic rings. The maximum Gasteiger partial charge on any atom is 0.121 e. The quantitative estimate of drug-likeness (QED) is 0.321. The Morgan fingerprint density at radius 1 is 1.33 bits per heavy atom. The molecule has 0 heterocycles. The van der Waals surface area contributed by atoms with Gasteiger partial charge in [-0.05, 0) is 12.9 Å². The molecule has 0 aromatic heterocycles. The maximum atomic E-state index is 8.91. The third-order valence-corrected chi connectivity index (χ3v) is 2.65. The van der Waals surface area contributed by atoms with Gasteiger partial charge in [-0.15, -0.1) is 0 Å². The van der Waals surface area contributed by atoms with Gasteiger partial charge in [0.2, 0.25) is 0 Å². The van der Waals surface area contributed by atoms with Crippen LogP contribution in [0, 0.1) is 0 Å². The van der Waals surface area contributed by atoms with Crippen LogP contribution in [0.1, 0.15) is 26.2 Å². The van der Waals surface area contributed by atoms with Gasteiger partial charge in [-0.25, -0.2) is 0 Å². The van der Waals surface area contributed by atoms with Crippen molar-refractivity contribution < 1.29 is 19.1 Å². The molecule has 4 nitrogen and oxygen atoms in total. The zero-order chi connectivity index (χ0) is 11.7. The van der Waals surface area contributed by atoms with Crippen LogP contribution < -0.4 is 0 Å². The molecule has 0 spiro atoms. The van der Waals surface area contributed by atoms with Gasteiger partial charge in [-0.1, -0.05) is 13.5 Å². The zero-order valence-corrected chi connectivity index (χ0v) is 10.0. The van der Waals surface area contributed by atoms with Crippen molar-refractivity contribution in [2.24, 2.45) is 0 Å². The third-order valence-electron chi connectivity index (χ3n) is 2.26. The molecule has 15 heavy (non-hydrogen) atoms. The number of allylic oxidation sites excluding steroid dienone is 1. The van der Waals surface area contributed by atoms with Crippen LogP contribution in [0.25, 0.3) is 0 Å². The highest BCUT2D eigenvalue weighted by Crippen LogP contribution is 2.23. The molecule has 0 amide bonds. The summed E-state index contributed by atoms with van der Waals surface area (Å²) < 4.78 is 10.4. The highest BCUT2D eigenvalue weighted by atomic mass is 32.1. The van der Waals surface area contributed by atoms with E-state index in [1.807, 2.05) is 6.92 Å². The number of aliphatic hydroxyl groups is 2. The number of thiol groups is 1. The average molecular weight is 236 g/mol. The topological polar surface area (TPSA) is 58.9 Å². The molecule has 0 saturated carbocycles. The van der Waals surface area contributed by atoms with E-state index in [0.29, 0.717) is 18.6 Å². The summed E-state index contributed by atoms with van der Waals surface area (Å²) in [5, 5.41) is 17.8. The van der Waals surface area contributed by atoms with E-state index in [4.69, 9.17) is 19.1 Å². The summed E-state index contributed by atoms with van der Waals surface area (Å²) in [6.07, 6.45) is 1.46. The molecule has 0 aliphatic carbocycles. The summed E-state index contributed by atoms with van der Waals surface area (Å²) in [6.45, 7) is 5.80. The first-order chi connectivity index (χ1) is 7.14. The second kappa shape index (κ2) is 7.98. The van der Waals surface area contributed by atoms with Gasteiger partial charge >= 0.3 is 0 Å². The standard InChI is InChI=1S/C10H20O4S/c1-3-9(2)13-8-10(14-15,4-6-11)5-7-12/h11-12,15H,2-8H2,1H3. The molecule has 0 atom stereocenters. The Morgan fingerprint density at radius 2 is 1.87 bits per heavy atom. The van der Waals surface area contributed by atoms with E-state index < -0.39 is 5.60 Å². The SMILES string of the molecule is C=C(CC)OCC(CCO)(CCO)OS. The Bertz CT molecular complexity index is 178. The van der Waals surface area contributed by atoms with Gasteiger partial charge in [0.05, 0.1) is 5.76 Å². The highest BCUT2D eigenvalue weighted by molar-refractivity contribution is 7.75. The maximum absolute atomic E-state index is 8.91. The summed E-state index contributed by atoms with van der Waals surface area (Å²) >= 11 is 3.77. The molecule has 0 rings (SSSR count). The van der Waals surface area contributed by atoms with Crippen LogP contribution in [-0.2, 0) is 8.92 Å². The number of aliphatic hydroxyl groups excluding tert-OH is 2. The normalized spacial score (nSPS) is 11.5. The fourth-order valence-corrected chi connectivity index (χ4v) is 1.37. The van der Waals surface area contributed by atoms with E-state index in [2.05, 4.69) is 19.5 Å². The minimum Gasteiger partial charge on any atom is -0.496 e. The Morgan fingerprint density at radius 3 is 2.20 bits per heavy atom. The largest absolute Gasteiger partial charge is 0.496 e. The van der Waals surface area contributed by atoms with Crippen molar-refractivity contribution in [1.82, 2.24) is 0 Å². The van der Waals surface area contributed by atoms with Crippen molar-refractivity contribution in [3.8, 4) is 0 Å². The van der Waals surface area contributed by atoms with Gasteiger partial charge in [0.25, 0.3) is 0 Å². The second-order valence-corrected chi connectivity index (χ2v) is 3.58. The first-order valence-electron chi connectivity index (χ1n) is 4.99. The Hall–Kier alpha value is -0.230. The molecule has 0 saturated heterocycles. The van der Waals surface area contributed by atoms with Crippen LogP contribution >= 0.6 is 12.9 Å². The van der Waals surface area contributed by atoms with Crippen LogP contribution in [0.2, 0.25) is 0 Å². The lowest BCUT2D eigenvalue weighted by molar-refractivity contribution is -0.0225. The van der Waals surface area contributed by atoms with Crippen LogP contribution in [0.4, 0.5) is 0 Å². The average Bonchev–Trinajstić information content (AvgIpc) is 2.26. The molecule has 0 aromatic carbocycles. The van der Waals surface area contributed by atoms with Crippen LogP contribution in [0.15, 0.2) is 12.3 Å². The lowest BCUT2D eigenvalue weighted by Gasteiger charge is -2.30. The van der Waals surface area contributed by atoms with E-state index in [1.165, 1.54) is 0 Å². The molecule has 0 aliphatic heterocycles. The predicted molar refractivity (Wildman–Crippen MR) is 61.6 cm³/mol. The molecular weight excluding hydrogens is 216 g/mol. The number of hydrogen-bond donors (Lipinski definition) is 3. The van der Waals surface area contributed by atoms with Gasteiger partial charge in [-0.2, -0.15) is 0 Å². The first-order valence-corrected chi connectivity index (χ1v) is 5.35. The highest BCUT2D eigenvalue weighted by Gasteiger charge is 2.31. The fraction of sp³-hybridized carbons (Fsp3) is 0.800. The van der Waals surface area contributed by atoms with Crippen molar-refractivity contribution in [1.29, 1.82) is 0 Å². The minimum atomic E-state index is -0.745. The third kappa shape index (κ3) is 5.41. The molecule has 0 fully saturated rings. The van der Waals surface area contributed by atoms with Crippen LogP contribution in [0.3, 0.4) is 0 Å². The van der Waals surface area contributed by atoms with Crippen molar-refractivity contribution in [2.45, 2.75) is 31.8 Å². The van der Waals surface area contributed by atoms with Crippen molar-refractivity contribution >= 4 is 12.9 Å². The molecule has 0 aliphatic rings. The van der Waals surface area contributed by atoms with Gasteiger partial charge in [0, 0.05) is 32.5 Å². The summed E-state index contributed by atoms with van der Waals surface area (Å²) in [4.78, 5) is 0. The minimum absolute atomic E-state index is 0.0392.